The fourth-order valence-electron chi connectivity index (χ4n) is 2.62. The molecule has 1 aliphatic rings. The van der Waals surface area contributed by atoms with Crippen LogP contribution in [0.2, 0.25) is 0 Å². The number of aldehydes is 1. The minimum atomic E-state index is 0.485. The van der Waals surface area contributed by atoms with Crippen molar-refractivity contribution in [1.29, 1.82) is 0 Å². The molecule has 1 aromatic heterocycles. The number of hydrogen-bond acceptors (Lipinski definition) is 4. The molecule has 0 atom stereocenters. The lowest BCUT2D eigenvalue weighted by Gasteiger charge is -2.09. The van der Waals surface area contributed by atoms with E-state index in [1.165, 1.54) is 0 Å². The topological polar surface area (TPSA) is 57.0 Å². The summed E-state index contributed by atoms with van der Waals surface area (Å²) in [5.41, 5.74) is 2.69. The normalized spacial score (nSPS) is 14.0. The zero-order valence-corrected chi connectivity index (χ0v) is 12.9. The van der Waals surface area contributed by atoms with Crippen molar-refractivity contribution in [3.05, 3.63) is 41.2 Å². The first-order chi connectivity index (χ1) is 10.8. The van der Waals surface area contributed by atoms with Crippen LogP contribution < -0.4 is 4.74 Å². The van der Waals surface area contributed by atoms with Gasteiger partial charge in [0, 0.05) is 12.5 Å². The fourth-order valence-corrected chi connectivity index (χ4v) is 2.62. The maximum atomic E-state index is 11.0. The van der Waals surface area contributed by atoms with E-state index in [4.69, 9.17) is 4.74 Å². The second kappa shape index (κ2) is 6.73. The Hall–Kier alpha value is -2.17. The Morgan fingerprint density at radius 1 is 1.32 bits per heavy atom. The summed E-state index contributed by atoms with van der Waals surface area (Å²) >= 11 is 0. The summed E-state index contributed by atoms with van der Waals surface area (Å²) in [7, 11) is 0. The molecule has 0 N–H and O–H groups in total. The van der Waals surface area contributed by atoms with Crippen LogP contribution in [0.15, 0.2) is 24.3 Å². The fraction of sp³-hybridized carbons (Fsp3) is 0.471. The van der Waals surface area contributed by atoms with E-state index in [0.29, 0.717) is 18.2 Å². The molecule has 5 heteroatoms. The van der Waals surface area contributed by atoms with Crippen molar-refractivity contribution in [3.63, 3.8) is 0 Å². The molecule has 0 spiro atoms. The lowest BCUT2D eigenvalue weighted by Crippen LogP contribution is -2.07. The monoisotopic (exact) mass is 299 g/mol. The molecule has 0 bridgehead atoms. The maximum absolute atomic E-state index is 11.0. The summed E-state index contributed by atoms with van der Waals surface area (Å²) in [5.74, 6) is 1.43. The molecule has 0 unspecified atom stereocenters. The second-order valence-electron chi connectivity index (χ2n) is 5.80. The van der Waals surface area contributed by atoms with Gasteiger partial charge in [-0.3, -0.25) is 4.79 Å². The summed E-state index contributed by atoms with van der Waals surface area (Å²) in [6, 6.07) is 8.04. The van der Waals surface area contributed by atoms with Gasteiger partial charge < -0.3 is 4.74 Å². The minimum Gasteiger partial charge on any atom is -0.493 e. The number of para-hydroxylation sites is 1. The third kappa shape index (κ3) is 3.35. The summed E-state index contributed by atoms with van der Waals surface area (Å²) < 4.78 is 7.69. The highest BCUT2D eigenvalue weighted by Crippen LogP contribution is 2.40. The SMILES string of the molecule is Cc1ccccc1OCCCCn1nnc(C=O)c1C1CC1. The highest BCUT2D eigenvalue weighted by Gasteiger charge is 2.30. The molecule has 1 aliphatic carbocycles. The minimum absolute atomic E-state index is 0.485. The molecule has 0 radical (unpaired) electrons. The number of benzene rings is 1. The van der Waals surface area contributed by atoms with E-state index in [1.807, 2.05) is 35.9 Å². The largest absolute Gasteiger partial charge is 0.493 e. The summed E-state index contributed by atoms with van der Waals surface area (Å²) in [5, 5.41) is 8.08. The molecule has 0 aliphatic heterocycles. The lowest BCUT2D eigenvalue weighted by molar-refractivity contribution is 0.111. The smallest absolute Gasteiger partial charge is 0.172 e. The Morgan fingerprint density at radius 3 is 2.86 bits per heavy atom. The number of unbranched alkanes of at least 4 members (excludes halogenated alkanes) is 1. The van der Waals surface area contributed by atoms with Crippen molar-refractivity contribution in [3.8, 4) is 5.75 Å². The summed E-state index contributed by atoms with van der Waals surface area (Å²) in [6.07, 6.45) is 5.02. The molecular weight excluding hydrogens is 278 g/mol. The van der Waals surface area contributed by atoms with Crippen LogP contribution in [0.25, 0.3) is 0 Å². The predicted molar refractivity (Wildman–Crippen MR) is 83.3 cm³/mol. The Bertz CT molecular complexity index is 647. The standard InChI is InChI=1S/C17H21N3O2/c1-13-6-2-3-7-16(13)22-11-5-4-10-20-17(14-8-9-14)15(12-21)18-19-20/h2-3,6-7,12,14H,4-5,8-11H2,1H3. The number of carbonyl (C=O) groups is 1. The van der Waals surface area contributed by atoms with Crippen molar-refractivity contribution < 1.29 is 9.53 Å². The van der Waals surface area contributed by atoms with Crippen molar-refractivity contribution in [2.24, 2.45) is 0 Å². The number of rotatable bonds is 8. The van der Waals surface area contributed by atoms with Gasteiger partial charge in [-0.2, -0.15) is 0 Å². The van der Waals surface area contributed by atoms with Gasteiger partial charge in [-0.05, 0) is 44.2 Å². The van der Waals surface area contributed by atoms with Crippen LogP contribution in [-0.4, -0.2) is 27.9 Å². The van der Waals surface area contributed by atoms with Crippen LogP contribution in [0.3, 0.4) is 0 Å². The Kier molecular flexibility index (Phi) is 4.51. The van der Waals surface area contributed by atoms with Crippen molar-refractivity contribution >= 4 is 6.29 Å². The van der Waals surface area contributed by atoms with Gasteiger partial charge in [-0.15, -0.1) is 5.10 Å². The van der Waals surface area contributed by atoms with Gasteiger partial charge in [0.15, 0.2) is 6.29 Å². The van der Waals surface area contributed by atoms with E-state index in [-0.39, 0.29) is 0 Å². The highest BCUT2D eigenvalue weighted by atomic mass is 16.5. The first-order valence-corrected chi connectivity index (χ1v) is 7.86. The van der Waals surface area contributed by atoms with E-state index in [9.17, 15) is 4.79 Å². The van der Waals surface area contributed by atoms with Crippen LogP contribution in [0.4, 0.5) is 0 Å². The zero-order chi connectivity index (χ0) is 15.4. The van der Waals surface area contributed by atoms with Gasteiger partial charge in [-0.1, -0.05) is 23.4 Å². The van der Waals surface area contributed by atoms with E-state index in [1.54, 1.807) is 0 Å². The van der Waals surface area contributed by atoms with Gasteiger partial charge >= 0.3 is 0 Å². The number of ether oxygens (including phenoxy) is 1. The quantitative estimate of drug-likeness (QED) is 0.555. The number of hydrogen-bond donors (Lipinski definition) is 0. The van der Waals surface area contributed by atoms with E-state index in [0.717, 1.165) is 55.5 Å². The van der Waals surface area contributed by atoms with Crippen molar-refractivity contribution in [2.75, 3.05) is 6.61 Å². The van der Waals surface area contributed by atoms with Gasteiger partial charge in [0.2, 0.25) is 0 Å². The maximum Gasteiger partial charge on any atom is 0.172 e. The van der Waals surface area contributed by atoms with E-state index in [2.05, 4.69) is 10.3 Å². The second-order valence-corrected chi connectivity index (χ2v) is 5.80. The van der Waals surface area contributed by atoms with Gasteiger partial charge in [0.25, 0.3) is 0 Å². The van der Waals surface area contributed by atoms with E-state index < -0.39 is 0 Å². The van der Waals surface area contributed by atoms with Crippen LogP contribution in [0, 0.1) is 6.92 Å². The molecule has 5 nitrogen and oxygen atoms in total. The van der Waals surface area contributed by atoms with Gasteiger partial charge in [0.05, 0.1) is 12.3 Å². The molecule has 1 heterocycles. The lowest BCUT2D eigenvalue weighted by atomic mass is 10.2. The summed E-state index contributed by atoms with van der Waals surface area (Å²) in [4.78, 5) is 11.0. The molecule has 3 rings (SSSR count). The third-order valence-electron chi connectivity index (χ3n) is 3.99. The number of aromatic nitrogens is 3. The summed E-state index contributed by atoms with van der Waals surface area (Å²) in [6.45, 7) is 3.54. The van der Waals surface area contributed by atoms with Crippen molar-refractivity contribution in [1.82, 2.24) is 15.0 Å². The number of carbonyl (C=O) groups excluding carboxylic acids is 1. The van der Waals surface area contributed by atoms with Crippen LogP contribution in [0.5, 0.6) is 5.75 Å². The molecule has 0 amide bonds. The zero-order valence-electron chi connectivity index (χ0n) is 12.9. The Morgan fingerprint density at radius 2 is 2.14 bits per heavy atom. The predicted octanol–water partition coefficient (Wildman–Crippen LogP) is 3.14. The molecule has 116 valence electrons. The first-order valence-electron chi connectivity index (χ1n) is 7.86. The Labute approximate surface area is 130 Å². The van der Waals surface area contributed by atoms with E-state index >= 15 is 0 Å². The number of aryl methyl sites for hydroxylation is 2. The molecule has 22 heavy (non-hydrogen) atoms. The molecule has 1 aromatic carbocycles. The molecule has 1 saturated carbocycles. The van der Waals surface area contributed by atoms with Crippen LogP contribution >= 0.6 is 0 Å². The highest BCUT2D eigenvalue weighted by molar-refractivity contribution is 5.73. The number of nitrogens with zero attached hydrogens (tertiary/aromatic N) is 3. The van der Waals surface area contributed by atoms with Crippen LogP contribution in [0.1, 0.15) is 53.3 Å². The molecule has 2 aromatic rings. The van der Waals surface area contributed by atoms with Crippen molar-refractivity contribution in [2.45, 2.75) is 45.1 Å². The average Bonchev–Trinajstić information content (AvgIpc) is 3.29. The Balaban J connectivity index is 1.47. The third-order valence-corrected chi connectivity index (χ3v) is 3.99. The first kappa shape index (κ1) is 14.8. The van der Waals surface area contributed by atoms with Gasteiger partial charge in [0.1, 0.15) is 11.4 Å². The molecular formula is C17H21N3O2. The molecule has 0 saturated heterocycles. The van der Waals surface area contributed by atoms with Crippen LogP contribution in [-0.2, 0) is 6.54 Å². The van der Waals surface area contributed by atoms with Gasteiger partial charge in [-0.25, -0.2) is 4.68 Å². The molecule has 1 fully saturated rings. The average molecular weight is 299 g/mol.